The van der Waals surface area contributed by atoms with Crippen molar-refractivity contribution in [3.63, 3.8) is 0 Å². The van der Waals surface area contributed by atoms with Crippen LogP contribution in [0.5, 0.6) is 0 Å². The lowest BCUT2D eigenvalue weighted by molar-refractivity contribution is 1.36. The highest BCUT2D eigenvalue weighted by Crippen LogP contribution is 2.22. The summed E-state index contributed by atoms with van der Waals surface area (Å²) in [5.41, 5.74) is 6.76. The molecule has 0 saturated carbocycles. The standard InChI is InChI=1S/C23H25N/c1-5-10-18(3)19(4)17-22(6-2)24-23-15-13-21(14-16-23)20-11-8-7-9-12-20/h5-17,24H,3H2,1-2,4H3/b10-5-,19-17+,22-6+. The van der Waals surface area contributed by atoms with Gasteiger partial charge in [0.15, 0.2) is 0 Å². The summed E-state index contributed by atoms with van der Waals surface area (Å²) in [4.78, 5) is 0. The van der Waals surface area contributed by atoms with E-state index in [4.69, 9.17) is 0 Å². The molecule has 0 aliphatic carbocycles. The number of allylic oxidation sites excluding steroid dienone is 6. The first-order valence-electron chi connectivity index (χ1n) is 8.23. The van der Waals surface area contributed by atoms with Crippen molar-refractivity contribution in [3.8, 4) is 11.1 Å². The van der Waals surface area contributed by atoms with Crippen LogP contribution in [0.3, 0.4) is 0 Å². The van der Waals surface area contributed by atoms with Gasteiger partial charge in [0.1, 0.15) is 0 Å². The molecule has 0 bridgehead atoms. The van der Waals surface area contributed by atoms with Crippen LogP contribution in [0.4, 0.5) is 5.69 Å². The topological polar surface area (TPSA) is 12.0 Å². The largest absolute Gasteiger partial charge is 0.356 e. The van der Waals surface area contributed by atoms with E-state index >= 15 is 0 Å². The molecule has 0 aliphatic heterocycles. The third-order valence-corrected chi connectivity index (χ3v) is 3.84. The van der Waals surface area contributed by atoms with E-state index in [0.717, 1.165) is 22.5 Å². The second kappa shape index (κ2) is 8.73. The van der Waals surface area contributed by atoms with Gasteiger partial charge in [0.2, 0.25) is 0 Å². The van der Waals surface area contributed by atoms with E-state index in [1.54, 1.807) is 0 Å². The Morgan fingerprint density at radius 2 is 1.54 bits per heavy atom. The molecule has 0 amide bonds. The minimum atomic E-state index is 1.03. The molecular weight excluding hydrogens is 290 g/mol. The van der Waals surface area contributed by atoms with Crippen LogP contribution >= 0.6 is 0 Å². The monoisotopic (exact) mass is 315 g/mol. The molecule has 0 aliphatic rings. The number of benzene rings is 2. The van der Waals surface area contributed by atoms with E-state index in [2.05, 4.69) is 79.5 Å². The number of anilines is 1. The summed E-state index contributed by atoms with van der Waals surface area (Å²) >= 11 is 0. The molecule has 0 atom stereocenters. The van der Waals surface area contributed by atoms with Crippen molar-refractivity contribution in [2.24, 2.45) is 0 Å². The van der Waals surface area contributed by atoms with E-state index in [-0.39, 0.29) is 0 Å². The molecule has 0 heterocycles. The molecule has 2 rings (SSSR count). The van der Waals surface area contributed by atoms with Crippen molar-refractivity contribution in [2.45, 2.75) is 20.8 Å². The molecule has 0 saturated heterocycles. The highest BCUT2D eigenvalue weighted by atomic mass is 14.9. The van der Waals surface area contributed by atoms with Gasteiger partial charge in [0.25, 0.3) is 0 Å². The van der Waals surface area contributed by atoms with Crippen LogP contribution in [0.1, 0.15) is 20.8 Å². The maximum absolute atomic E-state index is 4.07. The van der Waals surface area contributed by atoms with Gasteiger partial charge < -0.3 is 5.32 Å². The van der Waals surface area contributed by atoms with Gasteiger partial charge in [0, 0.05) is 11.4 Å². The van der Waals surface area contributed by atoms with E-state index in [1.807, 2.05) is 32.1 Å². The van der Waals surface area contributed by atoms with E-state index < -0.39 is 0 Å². The maximum Gasteiger partial charge on any atom is 0.0384 e. The van der Waals surface area contributed by atoms with Crippen LogP contribution in [-0.4, -0.2) is 0 Å². The third kappa shape index (κ3) is 4.85. The van der Waals surface area contributed by atoms with Crippen LogP contribution < -0.4 is 5.32 Å². The number of hydrogen-bond donors (Lipinski definition) is 1. The van der Waals surface area contributed by atoms with Gasteiger partial charge in [-0.1, -0.05) is 67.3 Å². The highest BCUT2D eigenvalue weighted by molar-refractivity contribution is 5.66. The third-order valence-electron chi connectivity index (χ3n) is 3.84. The quantitative estimate of drug-likeness (QED) is 0.581. The highest BCUT2D eigenvalue weighted by Gasteiger charge is 2.00. The summed E-state index contributed by atoms with van der Waals surface area (Å²) in [5.74, 6) is 0. The lowest BCUT2D eigenvalue weighted by atomic mass is 10.1. The zero-order chi connectivity index (χ0) is 17.4. The molecule has 1 nitrogen and oxygen atoms in total. The normalized spacial score (nSPS) is 12.5. The Kier molecular flexibility index (Phi) is 6.39. The summed E-state index contributed by atoms with van der Waals surface area (Å²) in [6.45, 7) is 10.2. The predicted molar refractivity (Wildman–Crippen MR) is 107 cm³/mol. The van der Waals surface area contributed by atoms with Crippen LogP contribution in [0.25, 0.3) is 11.1 Å². The maximum atomic E-state index is 4.07. The van der Waals surface area contributed by atoms with Crippen LogP contribution in [0.15, 0.2) is 102 Å². The fourth-order valence-corrected chi connectivity index (χ4v) is 2.39. The van der Waals surface area contributed by atoms with Crippen LogP contribution in [0.2, 0.25) is 0 Å². The number of rotatable bonds is 6. The van der Waals surface area contributed by atoms with Gasteiger partial charge in [-0.15, -0.1) is 0 Å². The van der Waals surface area contributed by atoms with Gasteiger partial charge in [-0.3, -0.25) is 0 Å². The van der Waals surface area contributed by atoms with E-state index in [0.29, 0.717) is 0 Å². The molecule has 0 spiro atoms. The first kappa shape index (κ1) is 17.6. The Labute approximate surface area is 145 Å². The van der Waals surface area contributed by atoms with Crippen LogP contribution in [-0.2, 0) is 0 Å². The SMILES string of the molecule is C=C(/C=C\C)/C(C)=C/C(=C\C)Nc1ccc(-c2ccccc2)cc1. The fourth-order valence-electron chi connectivity index (χ4n) is 2.39. The summed E-state index contributed by atoms with van der Waals surface area (Å²) in [5, 5.41) is 3.45. The number of nitrogens with one attached hydrogen (secondary N) is 1. The summed E-state index contributed by atoms with van der Waals surface area (Å²) in [6, 6.07) is 18.9. The molecule has 1 N–H and O–H groups in total. The van der Waals surface area contributed by atoms with E-state index in [1.165, 1.54) is 11.1 Å². The molecule has 0 fully saturated rings. The van der Waals surface area contributed by atoms with Gasteiger partial charge in [-0.2, -0.15) is 0 Å². The zero-order valence-electron chi connectivity index (χ0n) is 14.7. The Morgan fingerprint density at radius 1 is 0.917 bits per heavy atom. The predicted octanol–water partition coefficient (Wildman–Crippen LogP) is 6.75. The average Bonchev–Trinajstić information content (AvgIpc) is 2.62. The van der Waals surface area contributed by atoms with Crippen LogP contribution in [0, 0.1) is 0 Å². The molecule has 24 heavy (non-hydrogen) atoms. The first-order chi connectivity index (χ1) is 11.6. The van der Waals surface area contributed by atoms with Gasteiger partial charge in [-0.25, -0.2) is 0 Å². The minimum Gasteiger partial charge on any atom is -0.356 e. The molecule has 2 aromatic carbocycles. The lowest BCUT2D eigenvalue weighted by Gasteiger charge is -2.10. The Balaban J connectivity index is 2.12. The van der Waals surface area contributed by atoms with E-state index in [9.17, 15) is 0 Å². The second-order valence-corrected chi connectivity index (χ2v) is 5.66. The van der Waals surface area contributed by atoms with Gasteiger partial charge in [-0.05, 0) is 61.3 Å². The van der Waals surface area contributed by atoms with Crippen molar-refractivity contribution >= 4 is 5.69 Å². The van der Waals surface area contributed by atoms with Gasteiger partial charge >= 0.3 is 0 Å². The smallest absolute Gasteiger partial charge is 0.0384 e. The second-order valence-electron chi connectivity index (χ2n) is 5.66. The summed E-state index contributed by atoms with van der Waals surface area (Å²) in [7, 11) is 0. The van der Waals surface area contributed by atoms with Crippen molar-refractivity contribution in [2.75, 3.05) is 5.32 Å². The molecule has 1 heteroatoms. The number of hydrogen-bond acceptors (Lipinski definition) is 1. The summed E-state index contributed by atoms with van der Waals surface area (Å²) < 4.78 is 0. The molecular formula is C23H25N. The molecule has 0 radical (unpaired) electrons. The van der Waals surface area contributed by atoms with Gasteiger partial charge in [0.05, 0.1) is 0 Å². The molecule has 122 valence electrons. The Bertz CT molecular complexity index is 759. The zero-order valence-corrected chi connectivity index (χ0v) is 14.7. The lowest BCUT2D eigenvalue weighted by Crippen LogP contribution is -1.97. The minimum absolute atomic E-state index is 1.03. The summed E-state index contributed by atoms with van der Waals surface area (Å²) in [6.07, 6.45) is 8.21. The molecule has 0 aromatic heterocycles. The first-order valence-corrected chi connectivity index (χ1v) is 8.23. The molecule has 2 aromatic rings. The Hall–Kier alpha value is -2.80. The fraction of sp³-hybridized carbons (Fsp3) is 0.130. The average molecular weight is 315 g/mol. The van der Waals surface area contributed by atoms with Crippen molar-refractivity contribution < 1.29 is 0 Å². The van der Waals surface area contributed by atoms with Crippen molar-refractivity contribution in [1.29, 1.82) is 0 Å². The Morgan fingerprint density at radius 3 is 2.12 bits per heavy atom. The van der Waals surface area contributed by atoms with Crippen molar-refractivity contribution in [1.82, 2.24) is 0 Å². The van der Waals surface area contributed by atoms with Crippen molar-refractivity contribution in [3.05, 3.63) is 102 Å². The molecule has 0 unspecified atom stereocenters.